The Kier molecular flexibility index (Phi) is 7.63. The molecule has 30 heavy (non-hydrogen) atoms. The number of allylic oxidation sites excluding steroid dienone is 1. The summed E-state index contributed by atoms with van der Waals surface area (Å²) in [6.07, 6.45) is 8.50. The average Bonchev–Trinajstić information content (AvgIpc) is 3.42. The average molecular weight is 421 g/mol. The summed E-state index contributed by atoms with van der Waals surface area (Å²) in [5, 5.41) is 8.68. The number of hydrogen-bond donors (Lipinski definition) is 3. The molecule has 0 aliphatic rings. The second-order valence-corrected chi connectivity index (χ2v) is 7.79. The van der Waals surface area contributed by atoms with Crippen LogP contribution in [0.2, 0.25) is 0 Å². The van der Waals surface area contributed by atoms with Gasteiger partial charge in [0.05, 0.1) is 10.9 Å². The summed E-state index contributed by atoms with van der Waals surface area (Å²) in [7, 11) is 0. The van der Waals surface area contributed by atoms with E-state index in [0.717, 1.165) is 47.3 Å². The van der Waals surface area contributed by atoms with Crippen molar-refractivity contribution in [2.75, 3.05) is 12.3 Å². The molecule has 0 bridgehead atoms. The minimum atomic E-state index is -0.127. The number of aromatic amines is 1. The SMILES string of the molecule is C\C=C/C(C(=O)NCCc1ccc(N)cc1)=c1/nc(-c2ccsc2)[nH]/c1=C\CCC. The minimum Gasteiger partial charge on any atom is -0.399 e. The fourth-order valence-corrected chi connectivity index (χ4v) is 3.73. The van der Waals surface area contributed by atoms with Crippen LogP contribution in [-0.4, -0.2) is 22.4 Å². The van der Waals surface area contributed by atoms with Gasteiger partial charge in [0.25, 0.3) is 5.91 Å². The van der Waals surface area contributed by atoms with E-state index in [1.54, 1.807) is 11.3 Å². The van der Waals surface area contributed by atoms with Gasteiger partial charge in [0, 0.05) is 23.2 Å². The predicted molar refractivity (Wildman–Crippen MR) is 126 cm³/mol. The van der Waals surface area contributed by atoms with Crippen LogP contribution in [0.3, 0.4) is 0 Å². The second-order valence-electron chi connectivity index (χ2n) is 7.01. The van der Waals surface area contributed by atoms with Crippen LogP contribution in [0.15, 0.2) is 53.2 Å². The molecule has 0 aliphatic carbocycles. The number of imidazole rings is 1. The maximum absolute atomic E-state index is 13.0. The molecule has 0 saturated heterocycles. The van der Waals surface area contributed by atoms with Crippen LogP contribution in [0.5, 0.6) is 0 Å². The third-order valence-corrected chi connectivity index (χ3v) is 5.36. The lowest BCUT2D eigenvalue weighted by molar-refractivity contribution is -0.115. The van der Waals surface area contributed by atoms with Gasteiger partial charge in [-0.1, -0.05) is 43.7 Å². The number of amides is 1. The quantitative estimate of drug-likeness (QED) is 0.489. The van der Waals surface area contributed by atoms with Gasteiger partial charge in [-0.3, -0.25) is 4.79 Å². The first-order valence-corrected chi connectivity index (χ1v) is 11.1. The molecular formula is C24H28N4OS. The van der Waals surface area contributed by atoms with Crippen molar-refractivity contribution >= 4 is 34.6 Å². The van der Waals surface area contributed by atoms with E-state index in [0.29, 0.717) is 17.5 Å². The first-order chi connectivity index (χ1) is 14.6. The van der Waals surface area contributed by atoms with Gasteiger partial charge in [0.15, 0.2) is 0 Å². The van der Waals surface area contributed by atoms with Crippen LogP contribution in [0.1, 0.15) is 32.3 Å². The van der Waals surface area contributed by atoms with Crippen molar-refractivity contribution in [2.45, 2.75) is 33.1 Å². The van der Waals surface area contributed by atoms with Crippen LogP contribution in [-0.2, 0) is 11.2 Å². The van der Waals surface area contributed by atoms with Crippen molar-refractivity contribution < 1.29 is 4.79 Å². The number of benzene rings is 1. The number of nitrogen functional groups attached to an aromatic ring is 1. The Hall–Kier alpha value is -3.12. The third kappa shape index (κ3) is 5.48. The Morgan fingerprint density at radius 1 is 1.27 bits per heavy atom. The molecule has 5 nitrogen and oxygen atoms in total. The van der Waals surface area contributed by atoms with Gasteiger partial charge >= 0.3 is 0 Å². The maximum atomic E-state index is 13.0. The van der Waals surface area contributed by atoms with Gasteiger partial charge < -0.3 is 16.0 Å². The number of nitrogens with zero attached hydrogens (tertiary/aromatic N) is 1. The highest BCUT2D eigenvalue weighted by atomic mass is 32.1. The Balaban J connectivity index is 1.90. The fraction of sp³-hybridized carbons (Fsp3) is 0.250. The van der Waals surface area contributed by atoms with E-state index in [1.165, 1.54) is 0 Å². The molecule has 156 valence electrons. The molecule has 0 aliphatic heterocycles. The zero-order chi connectivity index (χ0) is 21.3. The van der Waals surface area contributed by atoms with Crippen molar-refractivity contribution in [3.63, 3.8) is 0 Å². The molecule has 0 radical (unpaired) electrons. The molecule has 4 N–H and O–H groups in total. The Labute approximate surface area is 181 Å². The van der Waals surface area contributed by atoms with E-state index in [4.69, 9.17) is 10.7 Å². The van der Waals surface area contributed by atoms with E-state index >= 15 is 0 Å². The number of H-pyrrole nitrogens is 1. The number of carbonyl (C=O) groups excluding carboxylic acids is 1. The molecule has 0 fully saturated rings. The van der Waals surface area contributed by atoms with Gasteiger partial charge in [-0.25, -0.2) is 4.98 Å². The number of carbonyl (C=O) groups is 1. The molecule has 2 aromatic heterocycles. The van der Waals surface area contributed by atoms with Gasteiger partial charge in [-0.05, 0) is 48.9 Å². The van der Waals surface area contributed by atoms with Crippen LogP contribution < -0.4 is 21.7 Å². The normalized spacial score (nSPS) is 13.1. The summed E-state index contributed by atoms with van der Waals surface area (Å²) < 4.78 is 0. The third-order valence-electron chi connectivity index (χ3n) is 4.68. The van der Waals surface area contributed by atoms with E-state index in [1.807, 2.05) is 60.2 Å². The molecule has 0 unspecified atom stereocenters. The number of aromatic nitrogens is 2. The fourth-order valence-electron chi connectivity index (χ4n) is 3.09. The monoisotopic (exact) mass is 420 g/mol. The first-order valence-electron chi connectivity index (χ1n) is 10.2. The highest BCUT2D eigenvalue weighted by molar-refractivity contribution is 7.08. The summed E-state index contributed by atoms with van der Waals surface area (Å²) in [5.41, 5.74) is 9.20. The highest BCUT2D eigenvalue weighted by Crippen LogP contribution is 2.16. The standard InChI is InChI=1S/C24H28N4OS/c1-3-5-7-21-22(28-23(27-21)18-13-15-30-16-18)20(6-4-2)24(29)26-14-12-17-8-10-19(25)11-9-17/h4,6-11,13,15-16H,3,5,12,14,25H2,1-2H3,(H,26,29)(H,27,28)/b6-4-,21-7-,22-20-. The number of thiophene rings is 1. The number of rotatable bonds is 8. The lowest BCUT2D eigenvalue weighted by Gasteiger charge is -2.06. The molecule has 3 aromatic rings. The van der Waals surface area contributed by atoms with Crippen LogP contribution in [0, 0.1) is 0 Å². The predicted octanol–water partition coefficient (Wildman–Crippen LogP) is 3.39. The molecule has 0 spiro atoms. The van der Waals surface area contributed by atoms with E-state index in [2.05, 4.69) is 23.3 Å². The van der Waals surface area contributed by atoms with Crippen LogP contribution in [0.25, 0.3) is 23.0 Å². The zero-order valence-corrected chi connectivity index (χ0v) is 18.3. The van der Waals surface area contributed by atoms with E-state index in [-0.39, 0.29) is 5.91 Å². The molecule has 1 aromatic carbocycles. The summed E-state index contributed by atoms with van der Waals surface area (Å²) in [6.45, 7) is 4.58. The molecular weight excluding hydrogens is 392 g/mol. The number of anilines is 1. The lowest BCUT2D eigenvalue weighted by atomic mass is 10.1. The number of nitrogens with two attached hydrogens (primary N) is 1. The summed E-state index contributed by atoms with van der Waals surface area (Å²) >= 11 is 1.62. The molecule has 0 saturated carbocycles. The summed E-state index contributed by atoms with van der Waals surface area (Å²) in [4.78, 5) is 21.2. The maximum Gasteiger partial charge on any atom is 0.253 e. The molecule has 2 heterocycles. The number of nitrogens with one attached hydrogen (secondary N) is 2. The Morgan fingerprint density at radius 2 is 2.07 bits per heavy atom. The lowest BCUT2D eigenvalue weighted by Crippen LogP contribution is -2.35. The molecule has 6 heteroatoms. The van der Waals surface area contributed by atoms with Crippen molar-refractivity contribution in [2.24, 2.45) is 0 Å². The molecule has 3 rings (SSSR count). The van der Waals surface area contributed by atoms with Crippen LogP contribution in [0.4, 0.5) is 5.69 Å². The minimum absolute atomic E-state index is 0.127. The number of unbranched alkanes of at least 4 members (excludes halogenated alkanes) is 1. The molecule has 0 atom stereocenters. The molecule has 1 amide bonds. The van der Waals surface area contributed by atoms with Crippen molar-refractivity contribution in [3.05, 3.63) is 69.5 Å². The van der Waals surface area contributed by atoms with Gasteiger partial charge in [-0.15, -0.1) is 0 Å². The summed E-state index contributed by atoms with van der Waals surface area (Å²) in [6, 6.07) is 9.74. The van der Waals surface area contributed by atoms with Gasteiger partial charge in [0.1, 0.15) is 11.2 Å². The van der Waals surface area contributed by atoms with E-state index < -0.39 is 0 Å². The topological polar surface area (TPSA) is 83.8 Å². The van der Waals surface area contributed by atoms with Gasteiger partial charge in [0.2, 0.25) is 0 Å². The highest BCUT2D eigenvalue weighted by Gasteiger charge is 2.12. The van der Waals surface area contributed by atoms with Gasteiger partial charge in [-0.2, -0.15) is 11.3 Å². The largest absolute Gasteiger partial charge is 0.399 e. The van der Waals surface area contributed by atoms with Crippen LogP contribution >= 0.6 is 11.3 Å². The van der Waals surface area contributed by atoms with Crippen molar-refractivity contribution in [1.82, 2.24) is 15.3 Å². The summed E-state index contributed by atoms with van der Waals surface area (Å²) in [5.74, 6) is 0.656. The first kappa shape index (κ1) is 21.6. The smallest absolute Gasteiger partial charge is 0.253 e. The van der Waals surface area contributed by atoms with Crippen molar-refractivity contribution in [3.8, 4) is 11.4 Å². The number of hydrogen-bond acceptors (Lipinski definition) is 4. The van der Waals surface area contributed by atoms with E-state index in [9.17, 15) is 4.79 Å². The Bertz CT molecular complexity index is 1110. The van der Waals surface area contributed by atoms with Crippen molar-refractivity contribution in [1.29, 1.82) is 0 Å². The zero-order valence-electron chi connectivity index (χ0n) is 17.4. The second kappa shape index (κ2) is 10.6. The Morgan fingerprint density at radius 3 is 2.73 bits per heavy atom.